The topological polar surface area (TPSA) is 63.7 Å². The van der Waals surface area contributed by atoms with Crippen LogP contribution in [0.4, 0.5) is 5.69 Å². The third kappa shape index (κ3) is 2.96. The third-order valence-corrected chi connectivity index (χ3v) is 4.29. The fraction of sp³-hybridized carbons (Fsp3) is 0.308. The quantitative estimate of drug-likeness (QED) is 0.839. The van der Waals surface area contributed by atoms with E-state index in [9.17, 15) is 13.2 Å². The average Bonchev–Trinajstić information content (AvgIpc) is 2.69. The second-order valence-corrected chi connectivity index (χ2v) is 6.25. The predicted octanol–water partition coefficient (Wildman–Crippen LogP) is 1.36. The molecule has 0 spiro atoms. The van der Waals surface area contributed by atoms with E-state index in [1.807, 2.05) is 0 Å². The number of hydrogen-bond donors (Lipinski definition) is 0. The van der Waals surface area contributed by atoms with E-state index in [4.69, 9.17) is 4.74 Å². The lowest BCUT2D eigenvalue weighted by molar-refractivity contribution is -0.116. The molecule has 1 aliphatic rings. The number of carbonyl (C=O) groups is 1. The van der Waals surface area contributed by atoms with Gasteiger partial charge in [-0.15, -0.1) is 0 Å². The first-order valence-electron chi connectivity index (χ1n) is 5.78. The molecule has 102 valence electrons. The van der Waals surface area contributed by atoms with Crippen LogP contribution in [0, 0.1) is 0 Å². The lowest BCUT2D eigenvalue weighted by atomic mass is 10.2. The van der Waals surface area contributed by atoms with E-state index in [1.165, 1.54) is 25.0 Å². The maximum atomic E-state index is 11.8. The van der Waals surface area contributed by atoms with Gasteiger partial charge in [0, 0.05) is 24.1 Å². The molecule has 6 heteroatoms. The Bertz CT molecular complexity index is 621. The number of nitrogens with zero attached hydrogens (tertiary/aromatic N) is 1. The van der Waals surface area contributed by atoms with Gasteiger partial charge in [-0.2, -0.15) is 0 Å². The molecule has 0 fully saturated rings. The summed E-state index contributed by atoms with van der Waals surface area (Å²) in [4.78, 5) is 13.3. The highest BCUT2D eigenvalue weighted by atomic mass is 32.2. The van der Waals surface area contributed by atoms with Gasteiger partial charge in [-0.25, -0.2) is 8.42 Å². The molecule has 1 aliphatic heterocycles. The van der Waals surface area contributed by atoms with E-state index >= 15 is 0 Å². The van der Waals surface area contributed by atoms with Crippen LogP contribution in [0.25, 0.3) is 0 Å². The number of anilines is 1. The molecule has 0 aliphatic carbocycles. The summed E-state index contributed by atoms with van der Waals surface area (Å²) in [5.41, 5.74) is 0.624. The van der Waals surface area contributed by atoms with E-state index in [2.05, 4.69) is 0 Å². The molecule has 0 saturated carbocycles. The van der Waals surface area contributed by atoms with Crippen molar-refractivity contribution < 1.29 is 17.9 Å². The fourth-order valence-corrected chi connectivity index (χ4v) is 3.36. The van der Waals surface area contributed by atoms with Crippen molar-refractivity contribution in [2.24, 2.45) is 0 Å². The van der Waals surface area contributed by atoms with Gasteiger partial charge in [0.2, 0.25) is 5.91 Å². The minimum atomic E-state index is -3.20. The van der Waals surface area contributed by atoms with E-state index in [0.717, 1.165) is 5.41 Å². The Kier molecular flexibility index (Phi) is 3.61. The summed E-state index contributed by atoms with van der Waals surface area (Å²) in [7, 11) is -1.66. The Morgan fingerprint density at radius 1 is 1.42 bits per heavy atom. The molecule has 1 heterocycles. The fourth-order valence-electron chi connectivity index (χ4n) is 2.09. The van der Waals surface area contributed by atoms with Crippen molar-refractivity contribution in [3.8, 4) is 5.75 Å². The van der Waals surface area contributed by atoms with Crippen LogP contribution in [-0.2, 0) is 14.6 Å². The second-order valence-electron chi connectivity index (χ2n) is 4.32. The predicted molar refractivity (Wildman–Crippen MR) is 72.9 cm³/mol. The van der Waals surface area contributed by atoms with Crippen molar-refractivity contribution >= 4 is 21.4 Å². The van der Waals surface area contributed by atoms with Crippen molar-refractivity contribution in [2.45, 2.75) is 13.0 Å². The van der Waals surface area contributed by atoms with Crippen molar-refractivity contribution in [3.05, 3.63) is 35.7 Å². The van der Waals surface area contributed by atoms with Gasteiger partial charge in [-0.3, -0.25) is 4.79 Å². The number of rotatable bonds is 3. The molecule has 1 aromatic carbocycles. The SMILES string of the molecule is COc1cccc(N(C(C)=O)C2C=CS(=O)(=O)C2)c1. The van der Waals surface area contributed by atoms with Gasteiger partial charge in [0.05, 0.1) is 18.9 Å². The summed E-state index contributed by atoms with van der Waals surface area (Å²) < 4.78 is 28.1. The van der Waals surface area contributed by atoms with Crippen LogP contribution < -0.4 is 9.64 Å². The van der Waals surface area contributed by atoms with Gasteiger partial charge in [-0.05, 0) is 18.2 Å². The number of benzene rings is 1. The molecule has 0 aromatic heterocycles. The minimum absolute atomic E-state index is 0.0796. The third-order valence-electron chi connectivity index (χ3n) is 2.91. The maximum absolute atomic E-state index is 11.8. The molecule has 0 radical (unpaired) electrons. The Balaban J connectivity index is 2.36. The molecular formula is C13H15NO4S. The zero-order valence-corrected chi connectivity index (χ0v) is 11.6. The normalized spacial score (nSPS) is 20.2. The van der Waals surface area contributed by atoms with Crippen LogP contribution in [0.5, 0.6) is 5.75 Å². The van der Waals surface area contributed by atoms with Crippen molar-refractivity contribution in [1.82, 2.24) is 0 Å². The van der Waals surface area contributed by atoms with Crippen molar-refractivity contribution in [1.29, 1.82) is 0 Å². The summed E-state index contributed by atoms with van der Waals surface area (Å²) in [6.07, 6.45) is 1.54. The first-order chi connectivity index (χ1) is 8.93. The summed E-state index contributed by atoms with van der Waals surface area (Å²) in [6.45, 7) is 1.41. The van der Waals surface area contributed by atoms with E-state index < -0.39 is 15.9 Å². The Labute approximate surface area is 112 Å². The van der Waals surface area contributed by atoms with Gasteiger partial charge in [0.1, 0.15) is 5.75 Å². The molecular weight excluding hydrogens is 266 g/mol. The summed E-state index contributed by atoms with van der Waals surface area (Å²) >= 11 is 0. The molecule has 1 atom stereocenters. The second kappa shape index (κ2) is 5.05. The average molecular weight is 281 g/mol. The molecule has 1 aromatic rings. The van der Waals surface area contributed by atoms with E-state index in [-0.39, 0.29) is 11.7 Å². The molecule has 19 heavy (non-hydrogen) atoms. The molecule has 0 saturated heterocycles. The van der Waals surface area contributed by atoms with E-state index in [1.54, 1.807) is 24.3 Å². The minimum Gasteiger partial charge on any atom is -0.497 e. The summed E-state index contributed by atoms with van der Waals surface area (Å²) in [5, 5.41) is 1.16. The number of methoxy groups -OCH3 is 1. The van der Waals surface area contributed by atoms with Crippen LogP contribution in [0.15, 0.2) is 35.7 Å². The largest absolute Gasteiger partial charge is 0.497 e. The number of hydrogen-bond acceptors (Lipinski definition) is 4. The molecule has 1 unspecified atom stereocenters. The number of sulfone groups is 1. The van der Waals surface area contributed by atoms with Gasteiger partial charge in [0.25, 0.3) is 0 Å². The highest BCUT2D eigenvalue weighted by Crippen LogP contribution is 2.26. The lowest BCUT2D eigenvalue weighted by Crippen LogP contribution is -2.39. The molecule has 1 amide bonds. The Hall–Kier alpha value is -1.82. The van der Waals surface area contributed by atoms with Gasteiger partial charge >= 0.3 is 0 Å². The molecule has 2 rings (SSSR count). The van der Waals surface area contributed by atoms with Crippen LogP contribution in [0.2, 0.25) is 0 Å². The Morgan fingerprint density at radius 2 is 2.16 bits per heavy atom. The summed E-state index contributed by atoms with van der Waals surface area (Å²) in [6, 6.07) is 6.53. The Morgan fingerprint density at radius 3 is 2.68 bits per heavy atom. The summed E-state index contributed by atoms with van der Waals surface area (Å²) in [5.74, 6) is 0.331. The zero-order valence-electron chi connectivity index (χ0n) is 10.7. The van der Waals surface area contributed by atoms with Crippen LogP contribution in [-0.4, -0.2) is 33.2 Å². The van der Waals surface area contributed by atoms with Crippen LogP contribution >= 0.6 is 0 Å². The van der Waals surface area contributed by atoms with Crippen molar-refractivity contribution in [3.63, 3.8) is 0 Å². The standard InChI is InChI=1S/C13H15NO4S/c1-10(15)14(12-6-7-19(16,17)9-12)11-4-3-5-13(8-11)18-2/h3-8,12H,9H2,1-2H3. The van der Waals surface area contributed by atoms with Gasteiger partial charge < -0.3 is 9.64 Å². The van der Waals surface area contributed by atoms with Gasteiger partial charge in [-0.1, -0.05) is 6.07 Å². The highest BCUT2D eigenvalue weighted by Gasteiger charge is 2.29. The number of carbonyl (C=O) groups excluding carboxylic acids is 1. The van der Waals surface area contributed by atoms with Crippen molar-refractivity contribution in [2.75, 3.05) is 17.8 Å². The molecule has 5 nitrogen and oxygen atoms in total. The zero-order chi connectivity index (χ0) is 14.0. The van der Waals surface area contributed by atoms with Crippen LogP contribution in [0.3, 0.4) is 0 Å². The smallest absolute Gasteiger partial charge is 0.224 e. The van der Waals surface area contributed by atoms with Crippen LogP contribution in [0.1, 0.15) is 6.92 Å². The first kappa shape index (κ1) is 13.6. The maximum Gasteiger partial charge on any atom is 0.224 e. The molecule has 0 bridgehead atoms. The monoisotopic (exact) mass is 281 g/mol. The number of ether oxygens (including phenoxy) is 1. The van der Waals surface area contributed by atoms with Gasteiger partial charge in [0.15, 0.2) is 9.84 Å². The number of amides is 1. The highest BCUT2D eigenvalue weighted by molar-refractivity contribution is 7.94. The lowest BCUT2D eigenvalue weighted by Gasteiger charge is -2.26. The van der Waals surface area contributed by atoms with E-state index in [0.29, 0.717) is 11.4 Å². The molecule has 0 N–H and O–H groups in total. The first-order valence-corrected chi connectivity index (χ1v) is 7.49.